The monoisotopic (exact) mass is 1450 g/mol. The first-order valence-electron chi connectivity index (χ1n) is 36.4. The second kappa shape index (κ2) is 40.8. The summed E-state index contributed by atoms with van der Waals surface area (Å²) >= 11 is 0. The third kappa shape index (κ3) is 26.0. The number of nitrogens with one attached hydrogen (secondary N) is 4. The number of ether oxygens (including phenoxy) is 2. The predicted molar refractivity (Wildman–Crippen MR) is 394 cm³/mol. The standard InChI is InChI=1S/C77H118N12O15/c1-49(2)38-59-68(94)78-56(74(100)89-36-28-21-29-37-89)43-64(91)82(11)44-65(92)84(13)62(41-53-30-22-18-23-31-53)70(96)79-57(47-103-46-55-34-26-20-27-35-55)72(98)87(16)61(40-51(5)6)71(97)81-67(52(7)90)76(102)83(12)45-66(93)85(14)63(42-54-32-24-19-25-33-54)75(101)88(17)60(39-50(3)4)69(95)80-58(73(99)86(59)15)48-104-77(8,9)10/h18-20,22-27,30-35,49-52,56-63,66-67,90,93H,21,28-29,36-48H2,1-17H3,(H,78,94)(H,79,96)(H,80,95)(H,81,97)/t52-,56+,57+,58+,59+,60+,61+,62+,63+,66?,67+/m1/s1. The average Bonchev–Trinajstić information content (AvgIpc) is 0.823. The maximum Gasteiger partial charge on any atom is 0.247 e. The Labute approximate surface area is 615 Å². The number of hydrogen-bond donors (Lipinski definition) is 6. The first-order valence-corrected chi connectivity index (χ1v) is 36.4. The molecule has 1 unspecified atom stereocenters. The number of aliphatic hydroxyl groups excluding tert-OH is 2. The SMILES string of the molecule is CC(C)C[C@H]1C(=O)N[C@@H]([C@@H](C)O)C(=O)N(C)CC(O)N(C)[C@@H](Cc2ccccc2)C(=O)N(C)[C@@H](CC(C)C)C(=O)N[C@@H](COC(C)(C)C)C(=O)N(C)[C@@H](CC(C)C)C(=O)N[C@H](C(=O)N2CCCCC2)CC(=O)N(C)CC(=O)N(C)[C@@H](Cc2ccccc2)C(=O)N[C@@H](COCc2ccccc2)C(=O)N1C. The van der Waals surface area contributed by atoms with Crippen LogP contribution in [0.5, 0.6) is 0 Å². The fraction of sp³-hybridized carbons (Fsp3) is 0.623. The zero-order chi connectivity index (χ0) is 77.4. The van der Waals surface area contributed by atoms with Crippen molar-refractivity contribution in [2.24, 2.45) is 17.8 Å². The molecule has 11 atom stereocenters. The molecule has 0 aromatic heterocycles. The van der Waals surface area contributed by atoms with Crippen molar-refractivity contribution >= 4 is 65.0 Å². The lowest BCUT2D eigenvalue weighted by Gasteiger charge is -2.39. The molecule has 27 heteroatoms. The van der Waals surface area contributed by atoms with Crippen molar-refractivity contribution in [1.29, 1.82) is 0 Å². The average molecular weight is 1450 g/mol. The van der Waals surface area contributed by atoms with Crippen molar-refractivity contribution in [2.45, 2.75) is 206 Å². The lowest BCUT2D eigenvalue weighted by atomic mass is 9.98. The van der Waals surface area contributed by atoms with E-state index in [4.69, 9.17) is 9.47 Å². The van der Waals surface area contributed by atoms with Gasteiger partial charge in [-0.25, -0.2) is 0 Å². The van der Waals surface area contributed by atoms with Crippen molar-refractivity contribution in [2.75, 3.05) is 88.7 Å². The molecule has 2 saturated heterocycles. The minimum atomic E-state index is -1.66. The molecule has 5 rings (SSSR count). The van der Waals surface area contributed by atoms with Crippen LogP contribution in [0.2, 0.25) is 0 Å². The molecule has 0 radical (unpaired) electrons. The summed E-state index contributed by atoms with van der Waals surface area (Å²) < 4.78 is 12.4. The molecular formula is C77H118N12O15. The zero-order valence-electron chi connectivity index (χ0n) is 64.3. The number of amides is 11. The Morgan fingerprint density at radius 2 is 0.923 bits per heavy atom. The summed E-state index contributed by atoms with van der Waals surface area (Å²) in [7, 11) is 9.77. The van der Waals surface area contributed by atoms with Gasteiger partial charge in [0, 0.05) is 61.8 Å². The van der Waals surface area contributed by atoms with Gasteiger partial charge >= 0.3 is 0 Å². The number of rotatable bonds is 18. The van der Waals surface area contributed by atoms with Crippen molar-refractivity contribution in [3.05, 3.63) is 108 Å². The topological polar surface area (TPSA) is 321 Å². The van der Waals surface area contributed by atoms with Gasteiger partial charge in [-0.2, -0.15) is 0 Å². The molecule has 0 spiro atoms. The van der Waals surface area contributed by atoms with Gasteiger partial charge in [0.15, 0.2) is 0 Å². The number of β-amino-alcohol motifs (C(OH)–C–C–N with tert-alkyl or cyclic N) is 1. The molecule has 104 heavy (non-hydrogen) atoms. The first kappa shape index (κ1) is 86.3. The molecule has 0 saturated carbocycles. The van der Waals surface area contributed by atoms with Crippen LogP contribution in [0, 0.1) is 17.8 Å². The molecular weight excluding hydrogens is 1330 g/mol. The number of piperidine rings is 1. The van der Waals surface area contributed by atoms with Crippen LogP contribution in [0.4, 0.5) is 0 Å². The van der Waals surface area contributed by atoms with Gasteiger partial charge in [0.2, 0.25) is 65.0 Å². The lowest BCUT2D eigenvalue weighted by Crippen LogP contribution is -2.62. The fourth-order valence-corrected chi connectivity index (χ4v) is 12.7. The summed E-state index contributed by atoms with van der Waals surface area (Å²) in [6.45, 7) is 16.4. The highest BCUT2D eigenvalue weighted by atomic mass is 16.5. The molecule has 27 nitrogen and oxygen atoms in total. The highest BCUT2D eigenvalue weighted by molar-refractivity contribution is 5.99. The minimum Gasteiger partial charge on any atom is -0.391 e. The third-order valence-corrected chi connectivity index (χ3v) is 19.0. The van der Waals surface area contributed by atoms with E-state index in [1.54, 1.807) is 98.5 Å². The van der Waals surface area contributed by atoms with Crippen LogP contribution in [-0.4, -0.2) is 275 Å². The number of hydrogen-bond acceptors (Lipinski definition) is 16. The van der Waals surface area contributed by atoms with E-state index in [1.165, 1.54) is 71.0 Å². The second-order valence-corrected chi connectivity index (χ2v) is 30.2. The predicted octanol–water partition coefficient (Wildman–Crippen LogP) is 3.22. The first-order chi connectivity index (χ1) is 48.9. The summed E-state index contributed by atoms with van der Waals surface area (Å²) in [5.41, 5.74) is 1.18. The van der Waals surface area contributed by atoms with Crippen LogP contribution in [0.15, 0.2) is 91.0 Å². The van der Waals surface area contributed by atoms with Crippen LogP contribution < -0.4 is 21.3 Å². The molecule has 2 aliphatic rings. The summed E-state index contributed by atoms with van der Waals surface area (Å²) in [5.74, 6) is -8.95. The Morgan fingerprint density at radius 3 is 1.38 bits per heavy atom. The van der Waals surface area contributed by atoms with E-state index < -0.39 is 163 Å². The number of benzene rings is 3. The number of aliphatic hydroxyl groups is 2. The van der Waals surface area contributed by atoms with E-state index in [2.05, 4.69) is 21.3 Å². The maximum atomic E-state index is 15.4. The largest absolute Gasteiger partial charge is 0.391 e. The molecule has 3 aromatic carbocycles. The molecule has 2 heterocycles. The molecule has 11 amide bonds. The minimum absolute atomic E-state index is 0.00145. The lowest BCUT2D eigenvalue weighted by molar-refractivity contribution is -0.151. The van der Waals surface area contributed by atoms with E-state index in [0.717, 1.165) is 31.6 Å². The van der Waals surface area contributed by atoms with Crippen molar-refractivity contribution < 1.29 is 72.4 Å². The summed E-state index contributed by atoms with van der Waals surface area (Å²) in [6, 6.07) is 14.2. The van der Waals surface area contributed by atoms with Gasteiger partial charge in [0.1, 0.15) is 54.6 Å². The maximum absolute atomic E-state index is 15.4. The Morgan fingerprint density at radius 1 is 0.500 bits per heavy atom. The zero-order valence-corrected chi connectivity index (χ0v) is 64.3. The highest BCUT2D eigenvalue weighted by Gasteiger charge is 2.43. The van der Waals surface area contributed by atoms with E-state index >= 15 is 28.8 Å². The van der Waals surface area contributed by atoms with E-state index in [-0.39, 0.29) is 63.1 Å². The number of nitrogens with zero attached hydrogens (tertiary/aromatic N) is 8. The number of likely N-dealkylation sites (N-methyl/N-ethyl adjacent to an activating group) is 7. The van der Waals surface area contributed by atoms with Gasteiger partial charge in [-0.1, -0.05) is 133 Å². The van der Waals surface area contributed by atoms with Crippen molar-refractivity contribution in [3.63, 3.8) is 0 Å². The Bertz CT molecular complexity index is 3310. The van der Waals surface area contributed by atoms with Crippen LogP contribution in [-0.2, 0) is 81.7 Å². The van der Waals surface area contributed by atoms with Crippen LogP contribution in [0.1, 0.15) is 131 Å². The smallest absolute Gasteiger partial charge is 0.247 e. The Balaban J connectivity index is 1.69. The van der Waals surface area contributed by atoms with E-state index in [1.807, 2.05) is 59.7 Å². The van der Waals surface area contributed by atoms with Gasteiger partial charge < -0.3 is 75.3 Å². The molecule has 576 valence electrons. The van der Waals surface area contributed by atoms with Gasteiger partial charge in [-0.05, 0) is 114 Å². The molecule has 3 aromatic rings. The fourth-order valence-electron chi connectivity index (χ4n) is 12.7. The van der Waals surface area contributed by atoms with Gasteiger partial charge in [0.25, 0.3) is 0 Å². The Hall–Kier alpha value is -8.37. The van der Waals surface area contributed by atoms with Crippen molar-refractivity contribution in [1.82, 2.24) is 60.5 Å². The molecule has 2 fully saturated rings. The Kier molecular flexibility index (Phi) is 33.8. The van der Waals surface area contributed by atoms with Crippen LogP contribution in [0.3, 0.4) is 0 Å². The second-order valence-electron chi connectivity index (χ2n) is 30.2. The summed E-state index contributed by atoms with van der Waals surface area (Å²) in [6.07, 6.45) is -1.54. The van der Waals surface area contributed by atoms with E-state index in [0.29, 0.717) is 37.1 Å². The number of carbonyl (C=O) groups is 11. The van der Waals surface area contributed by atoms with Crippen LogP contribution >= 0.6 is 0 Å². The molecule has 2 aliphatic heterocycles. The highest BCUT2D eigenvalue weighted by Crippen LogP contribution is 2.23. The quantitative estimate of drug-likeness (QED) is 0.107. The van der Waals surface area contributed by atoms with Gasteiger partial charge in [0.05, 0.1) is 57.1 Å². The normalized spacial score (nSPS) is 24.8. The van der Waals surface area contributed by atoms with Gasteiger partial charge in [-0.15, -0.1) is 0 Å². The van der Waals surface area contributed by atoms with Crippen molar-refractivity contribution in [3.8, 4) is 0 Å². The van der Waals surface area contributed by atoms with Gasteiger partial charge in [-0.3, -0.25) is 57.6 Å². The van der Waals surface area contributed by atoms with Crippen LogP contribution in [0.25, 0.3) is 0 Å². The molecule has 0 bridgehead atoms. The number of carbonyl (C=O) groups excluding carboxylic acids is 11. The summed E-state index contributed by atoms with van der Waals surface area (Å²) in [4.78, 5) is 175. The number of likely N-dealkylation sites (tertiary alicyclic amines) is 1. The summed E-state index contributed by atoms with van der Waals surface area (Å²) in [5, 5.41) is 34.8. The van der Waals surface area contributed by atoms with E-state index in [9.17, 15) is 34.2 Å². The third-order valence-electron chi connectivity index (χ3n) is 19.0. The molecule has 0 aliphatic carbocycles. The molecule has 6 N–H and O–H groups in total.